The lowest BCUT2D eigenvalue weighted by atomic mass is 10.1. The third kappa shape index (κ3) is 4.39. The zero-order chi connectivity index (χ0) is 19.4. The molecule has 6 heteroatoms. The van der Waals surface area contributed by atoms with Crippen LogP contribution in [0.1, 0.15) is 16.7 Å². The Morgan fingerprint density at radius 1 is 1.26 bits per heavy atom. The summed E-state index contributed by atoms with van der Waals surface area (Å²) in [7, 11) is 1.57. The summed E-state index contributed by atoms with van der Waals surface area (Å²) < 4.78 is 17.2. The number of carbonyl (C=O) groups excluding carboxylic acids is 1. The van der Waals surface area contributed by atoms with Crippen LogP contribution in [0.25, 0.3) is 6.08 Å². The maximum absolute atomic E-state index is 12.2. The van der Waals surface area contributed by atoms with Crippen molar-refractivity contribution in [2.75, 3.05) is 13.7 Å². The zero-order valence-electron chi connectivity index (χ0n) is 15.0. The molecule has 3 rings (SSSR count). The second kappa shape index (κ2) is 8.39. The average molecular weight is 475 g/mol. The van der Waals surface area contributed by atoms with Crippen LogP contribution < -0.4 is 9.47 Å². The minimum Gasteiger partial charge on any atom is -0.493 e. The van der Waals surface area contributed by atoms with Crippen molar-refractivity contribution in [1.29, 1.82) is 0 Å². The molecule has 0 saturated heterocycles. The number of benzene rings is 2. The predicted molar refractivity (Wildman–Crippen MR) is 113 cm³/mol. The quantitative estimate of drug-likeness (QED) is 0.267. The van der Waals surface area contributed by atoms with Gasteiger partial charge in [-0.05, 0) is 65.4 Å². The summed E-state index contributed by atoms with van der Waals surface area (Å²) in [6.07, 6.45) is 3.34. The van der Waals surface area contributed by atoms with Crippen LogP contribution in [0.2, 0.25) is 0 Å². The number of rotatable bonds is 6. The summed E-state index contributed by atoms with van der Waals surface area (Å²) in [6.45, 7) is 6.02. The van der Waals surface area contributed by atoms with Crippen molar-refractivity contribution < 1.29 is 19.0 Å². The van der Waals surface area contributed by atoms with E-state index >= 15 is 0 Å². The van der Waals surface area contributed by atoms with E-state index in [-0.39, 0.29) is 5.70 Å². The first-order valence-electron chi connectivity index (χ1n) is 8.22. The van der Waals surface area contributed by atoms with Gasteiger partial charge in [0, 0.05) is 5.56 Å². The summed E-state index contributed by atoms with van der Waals surface area (Å²) in [6, 6.07) is 11.3. The molecule has 0 unspecified atom stereocenters. The van der Waals surface area contributed by atoms with E-state index in [0.29, 0.717) is 24.0 Å². The van der Waals surface area contributed by atoms with Crippen molar-refractivity contribution in [2.45, 2.75) is 6.92 Å². The Morgan fingerprint density at radius 2 is 2.00 bits per heavy atom. The first-order valence-corrected chi connectivity index (χ1v) is 9.30. The van der Waals surface area contributed by atoms with Crippen molar-refractivity contribution in [3.8, 4) is 11.5 Å². The minimum atomic E-state index is -0.480. The molecule has 138 valence electrons. The van der Waals surface area contributed by atoms with E-state index in [0.717, 1.165) is 20.3 Å². The molecule has 2 aromatic rings. The highest BCUT2D eigenvalue weighted by molar-refractivity contribution is 14.1. The maximum Gasteiger partial charge on any atom is 0.363 e. The summed E-state index contributed by atoms with van der Waals surface area (Å²) in [5.41, 5.74) is 2.89. The summed E-state index contributed by atoms with van der Waals surface area (Å²) >= 11 is 2.16. The Hall–Kier alpha value is -2.61. The van der Waals surface area contributed by atoms with Crippen LogP contribution >= 0.6 is 22.6 Å². The normalized spacial score (nSPS) is 14.7. The van der Waals surface area contributed by atoms with E-state index in [1.165, 1.54) is 0 Å². The number of aliphatic imine (C=N–C) groups is 1. The number of hydrogen-bond acceptors (Lipinski definition) is 5. The summed E-state index contributed by atoms with van der Waals surface area (Å²) in [5.74, 6) is 1.04. The van der Waals surface area contributed by atoms with Crippen molar-refractivity contribution >= 4 is 40.5 Å². The third-order valence-electron chi connectivity index (χ3n) is 3.82. The lowest BCUT2D eigenvalue weighted by Gasteiger charge is -2.12. The number of methoxy groups -OCH3 is 1. The van der Waals surface area contributed by atoms with Gasteiger partial charge in [0.05, 0.1) is 10.7 Å². The van der Waals surface area contributed by atoms with Gasteiger partial charge in [-0.2, -0.15) is 0 Å². The zero-order valence-corrected chi connectivity index (χ0v) is 17.1. The van der Waals surface area contributed by atoms with Gasteiger partial charge in [0.25, 0.3) is 0 Å². The van der Waals surface area contributed by atoms with Crippen molar-refractivity contribution in [2.24, 2.45) is 4.99 Å². The molecule has 0 aromatic heterocycles. The Labute approximate surface area is 171 Å². The van der Waals surface area contributed by atoms with Gasteiger partial charge in [-0.1, -0.05) is 30.4 Å². The predicted octanol–water partition coefficient (Wildman–Crippen LogP) is 4.52. The molecule has 1 aliphatic heterocycles. The standard InChI is InChI=1S/C21H18INO4/c1-4-9-26-19-16(22)10-14(12-18(19)25-3)11-17-21(24)27-20(23-17)15-7-5-13(2)6-8-15/h4-8,10-12H,1,9H2,2-3H3/b17-11-. The molecule has 0 aliphatic carbocycles. The number of halogens is 1. The molecule has 1 aliphatic rings. The van der Waals surface area contributed by atoms with Gasteiger partial charge >= 0.3 is 5.97 Å². The van der Waals surface area contributed by atoms with E-state index < -0.39 is 5.97 Å². The highest BCUT2D eigenvalue weighted by Crippen LogP contribution is 2.35. The second-order valence-corrected chi connectivity index (χ2v) is 7.00. The van der Waals surface area contributed by atoms with E-state index in [4.69, 9.17) is 14.2 Å². The molecule has 0 spiro atoms. The molecular formula is C21H18INO4. The van der Waals surface area contributed by atoms with Crippen LogP contribution in [0.15, 0.2) is 59.7 Å². The highest BCUT2D eigenvalue weighted by Gasteiger charge is 2.24. The van der Waals surface area contributed by atoms with Crippen LogP contribution in [-0.4, -0.2) is 25.6 Å². The Balaban J connectivity index is 1.93. The largest absolute Gasteiger partial charge is 0.493 e. The Kier molecular flexibility index (Phi) is 5.95. The Bertz CT molecular complexity index is 945. The van der Waals surface area contributed by atoms with E-state index in [2.05, 4.69) is 34.2 Å². The lowest BCUT2D eigenvalue weighted by molar-refractivity contribution is -0.129. The molecule has 0 N–H and O–H groups in total. The fourth-order valence-electron chi connectivity index (χ4n) is 2.49. The smallest absolute Gasteiger partial charge is 0.363 e. The van der Waals surface area contributed by atoms with Crippen molar-refractivity contribution in [3.63, 3.8) is 0 Å². The van der Waals surface area contributed by atoms with Crippen molar-refractivity contribution in [1.82, 2.24) is 0 Å². The lowest BCUT2D eigenvalue weighted by Crippen LogP contribution is -2.05. The van der Waals surface area contributed by atoms with Gasteiger partial charge in [0.15, 0.2) is 17.2 Å². The number of carbonyl (C=O) groups is 1. The number of aryl methyl sites for hydroxylation is 1. The third-order valence-corrected chi connectivity index (χ3v) is 4.62. The van der Waals surface area contributed by atoms with Crippen LogP contribution in [0.5, 0.6) is 11.5 Å². The van der Waals surface area contributed by atoms with Gasteiger partial charge in [-0.3, -0.25) is 0 Å². The van der Waals surface area contributed by atoms with E-state index in [1.807, 2.05) is 37.3 Å². The minimum absolute atomic E-state index is 0.239. The fourth-order valence-corrected chi connectivity index (χ4v) is 3.27. The molecule has 27 heavy (non-hydrogen) atoms. The number of hydrogen-bond donors (Lipinski definition) is 0. The number of ether oxygens (including phenoxy) is 3. The Morgan fingerprint density at radius 3 is 2.67 bits per heavy atom. The van der Waals surface area contributed by atoms with Crippen LogP contribution in [0.4, 0.5) is 0 Å². The summed E-state index contributed by atoms with van der Waals surface area (Å²) in [4.78, 5) is 16.5. The fraction of sp³-hybridized carbons (Fsp3) is 0.143. The molecule has 2 aromatic carbocycles. The van der Waals surface area contributed by atoms with E-state index in [9.17, 15) is 4.79 Å². The van der Waals surface area contributed by atoms with Crippen LogP contribution in [-0.2, 0) is 9.53 Å². The van der Waals surface area contributed by atoms with Gasteiger partial charge in [-0.15, -0.1) is 0 Å². The molecule has 0 saturated carbocycles. The number of nitrogens with zero attached hydrogens (tertiary/aromatic N) is 1. The first-order chi connectivity index (χ1) is 13.0. The number of esters is 1. The van der Waals surface area contributed by atoms with Gasteiger partial charge in [0.2, 0.25) is 5.90 Å². The molecule has 1 heterocycles. The second-order valence-electron chi connectivity index (χ2n) is 5.84. The van der Waals surface area contributed by atoms with Crippen molar-refractivity contribution in [3.05, 3.63) is 75.0 Å². The first kappa shape index (κ1) is 19.2. The molecule has 0 radical (unpaired) electrons. The average Bonchev–Trinajstić information content (AvgIpc) is 3.01. The van der Waals surface area contributed by atoms with Crippen LogP contribution in [0, 0.1) is 10.5 Å². The molecule has 0 amide bonds. The number of cyclic esters (lactones) is 1. The van der Waals surface area contributed by atoms with Gasteiger partial charge < -0.3 is 14.2 Å². The highest BCUT2D eigenvalue weighted by atomic mass is 127. The van der Waals surface area contributed by atoms with Gasteiger partial charge in [0.1, 0.15) is 6.61 Å². The van der Waals surface area contributed by atoms with E-state index in [1.54, 1.807) is 25.3 Å². The monoisotopic (exact) mass is 475 g/mol. The topological polar surface area (TPSA) is 57.1 Å². The van der Waals surface area contributed by atoms with Gasteiger partial charge in [-0.25, -0.2) is 9.79 Å². The molecule has 0 fully saturated rings. The SMILES string of the molecule is C=CCOc1c(I)cc(/C=C2\N=C(c3ccc(C)cc3)OC2=O)cc1OC. The molecular weight excluding hydrogens is 457 g/mol. The maximum atomic E-state index is 12.2. The molecule has 0 atom stereocenters. The van der Waals surface area contributed by atoms with Crippen LogP contribution in [0.3, 0.4) is 0 Å². The summed E-state index contributed by atoms with van der Waals surface area (Å²) in [5, 5.41) is 0. The molecule has 0 bridgehead atoms. The molecule has 5 nitrogen and oxygen atoms in total.